The molecule has 0 unspecified atom stereocenters. The van der Waals surface area contributed by atoms with Crippen LogP contribution < -0.4 is 5.76 Å². The third-order valence-corrected chi connectivity index (χ3v) is 4.23. The first-order chi connectivity index (χ1) is 10.1. The van der Waals surface area contributed by atoms with E-state index in [2.05, 4.69) is 6.92 Å². The minimum Gasteiger partial charge on any atom is -0.408 e. The minimum atomic E-state index is -0.536. The lowest BCUT2D eigenvalue weighted by molar-refractivity contribution is -0.136. The second kappa shape index (κ2) is 5.39. The fourth-order valence-corrected chi connectivity index (χ4v) is 3.12. The van der Waals surface area contributed by atoms with E-state index < -0.39 is 11.8 Å². The molecule has 1 aliphatic rings. The fraction of sp³-hybridized carbons (Fsp3) is 0.500. The second-order valence-corrected chi connectivity index (χ2v) is 5.91. The zero-order valence-corrected chi connectivity index (χ0v) is 12.4. The number of benzene rings is 1. The number of hydrogen-bond donors (Lipinski definition) is 0. The molecule has 1 fully saturated rings. The maximum absolute atomic E-state index is 12.7. The molecule has 1 saturated heterocycles. The summed E-state index contributed by atoms with van der Waals surface area (Å²) in [5.74, 6) is 0.0463. The van der Waals surface area contributed by atoms with Crippen molar-refractivity contribution >= 4 is 17.0 Å². The summed E-state index contributed by atoms with van der Waals surface area (Å²) in [7, 11) is 0. The SMILES string of the molecule is C[C@H]1CCCN(C(=O)[C@H](C)n2c(=O)oc3ccccc32)C1. The number of likely N-dealkylation sites (tertiary alicyclic amines) is 1. The van der Waals surface area contributed by atoms with Gasteiger partial charge in [-0.2, -0.15) is 0 Å². The number of hydrogen-bond acceptors (Lipinski definition) is 3. The normalized spacial score (nSPS) is 20.7. The average Bonchev–Trinajstić information content (AvgIpc) is 2.81. The standard InChI is InChI=1S/C16H20N2O3/c1-11-6-5-9-17(10-11)15(19)12(2)18-13-7-3-4-8-14(13)21-16(18)20/h3-4,7-8,11-12H,5-6,9-10H2,1-2H3/t11-,12-/m0/s1. The second-order valence-electron chi connectivity index (χ2n) is 5.91. The number of para-hydroxylation sites is 2. The zero-order chi connectivity index (χ0) is 15.0. The number of carbonyl (C=O) groups excluding carboxylic acids is 1. The van der Waals surface area contributed by atoms with Crippen LogP contribution in [0.1, 0.15) is 32.7 Å². The van der Waals surface area contributed by atoms with Crippen molar-refractivity contribution in [1.29, 1.82) is 0 Å². The number of carbonyl (C=O) groups is 1. The van der Waals surface area contributed by atoms with E-state index >= 15 is 0 Å². The largest absolute Gasteiger partial charge is 0.420 e. The first kappa shape index (κ1) is 13.9. The number of amides is 1. The Morgan fingerprint density at radius 1 is 1.38 bits per heavy atom. The van der Waals surface area contributed by atoms with Gasteiger partial charge in [-0.15, -0.1) is 0 Å². The van der Waals surface area contributed by atoms with Crippen molar-refractivity contribution in [3.63, 3.8) is 0 Å². The summed E-state index contributed by atoms with van der Waals surface area (Å²) in [5, 5.41) is 0. The molecule has 0 aliphatic carbocycles. The van der Waals surface area contributed by atoms with Crippen LogP contribution in [0.25, 0.3) is 11.1 Å². The number of aromatic nitrogens is 1. The van der Waals surface area contributed by atoms with Crippen molar-refractivity contribution in [2.75, 3.05) is 13.1 Å². The molecule has 1 amide bonds. The van der Waals surface area contributed by atoms with Gasteiger partial charge < -0.3 is 9.32 Å². The van der Waals surface area contributed by atoms with Gasteiger partial charge in [-0.1, -0.05) is 19.1 Å². The van der Waals surface area contributed by atoms with E-state index in [1.54, 1.807) is 13.0 Å². The Morgan fingerprint density at radius 3 is 2.90 bits per heavy atom. The summed E-state index contributed by atoms with van der Waals surface area (Å²) in [5.41, 5.74) is 1.20. The van der Waals surface area contributed by atoms with Gasteiger partial charge in [-0.25, -0.2) is 4.79 Å². The molecule has 3 rings (SSSR count). The number of rotatable bonds is 2. The minimum absolute atomic E-state index is 0.00444. The molecule has 2 aromatic rings. The lowest BCUT2D eigenvalue weighted by atomic mass is 10.00. The Balaban J connectivity index is 1.93. The lowest BCUT2D eigenvalue weighted by Crippen LogP contribution is -2.43. The van der Waals surface area contributed by atoms with Crippen LogP contribution in [-0.2, 0) is 4.79 Å². The maximum Gasteiger partial charge on any atom is 0.420 e. The monoisotopic (exact) mass is 288 g/mol. The quantitative estimate of drug-likeness (QED) is 0.852. The molecule has 0 N–H and O–H groups in total. The van der Waals surface area contributed by atoms with Crippen molar-refractivity contribution in [2.24, 2.45) is 5.92 Å². The molecule has 1 aliphatic heterocycles. The van der Waals surface area contributed by atoms with Crippen molar-refractivity contribution < 1.29 is 9.21 Å². The van der Waals surface area contributed by atoms with E-state index in [4.69, 9.17) is 4.42 Å². The smallest absolute Gasteiger partial charge is 0.408 e. The summed E-state index contributed by atoms with van der Waals surface area (Å²) >= 11 is 0. The first-order valence-electron chi connectivity index (χ1n) is 7.47. The van der Waals surface area contributed by atoms with Gasteiger partial charge in [-0.3, -0.25) is 9.36 Å². The van der Waals surface area contributed by atoms with Gasteiger partial charge in [0.15, 0.2) is 5.58 Å². The molecule has 0 radical (unpaired) electrons. The molecule has 5 heteroatoms. The van der Waals surface area contributed by atoms with Crippen molar-refractivity contribution in [1.82, 2.24) is 9.47 Å². The topological polar surface area (TPSA) is 55.5 Å². The Hall–Kier alpha value is -2.04. The Labute approximate surface area is 123 Å². The average molecular weight is 288 g/mol. The Kier molecular flexibility index (Phi) is 3.57. The van der Waals surface area contributed by atoms with Crippen LogP contribution in [0.15, 0.2) is 33.5 Å². The van der Waals surface area contributed by atoms with Crippen molar-refractivity contribution in [2.45, 2.75) is 32.7 Å². The molecule has 2 heterocycles. The van der Waals surface area contributed by atoms with E-state index in [1.165, 1.54) is 4.57 Å². The van der Waals surface area contributed by atoms with E-state index in [0.29, 0.717) is 17.0 Å². The van der Waals surface area contributed by atoms with Gasteiger partial charge in [0.1, 0.15) is 6.04 Å². The zero-order valence-electron chi connectivity index (χ0n) is 12.4. The highest BCUT2D eigenvalue weighted by Gasteiger charge is 2.28. The highest BCUT2D eigenvalue weighted by Crippen LogP contribution is 2.21. The van der Waals surface area contributed by atoms with Gasteiger partial charge in [0, 0.05) is 13.1 Å². The van der Waals surface area contributed by atoms with Crippen LogP contribution in [0.2, 0.25) is 0 Å². The molecular weight excluding hydrogens is 268 g/mol. The predicted molar refractivity (Wildman–Crippen MR) is 80.2 cm³/mol. The van der Waals surface area contributed by atoms with E-state index in [0.717, 1.165) is 25.9 Å². The van der Waals surface area contributed by atoms with Gasteiger partial charge >= 0.3 is 5.76 Å². The van der Waals surface area contributed by atoms with Crippen LogP contribution in [0, 0.1) is 5.92 Å². The Bertz CT molecular complexity index is 716. The lowest BCUT2D eigenvalue weighted by Gasteiger charge is -2.32. The van der Waals surface area contributed by atoms with Gasteiger partial charge in [-0.05, 0) is 37.8 Å². The highest BCUT2D eigenvalue weighted by atomic mass is 16.4. The molecule has 2 atom stereocenters. The number of piperidine rings is 1. The van der Waals surface area contributed by atoms with Crippen molar-refractivity contribution in [3.8, 4) is 0 Å². The van der Waals surface area contributed by atoms with E-state index in [9.17, 15) is 9.59 Å². The molecule has 5 nitrogen and oxygen atoms in total. The molecule has 0 bridgehead atoms. The molecule has 112 valence electrons. The number of nitrogens with zero attached hydrogens (tertiary/aromatic N) is 2. The van der Waals surface area contributed by atoms with E-state index in [1.807, 2.05) is 23.1 Å². The number of fused-ring (bicyclic) bond motifs is 1. The van der Waals surface area contributed by atoms with Crippen LogP contribution in [0.3, 0.4) is 0 Å². The van der Waals surface area contributed by atoms with Crippen LogP contribution >= 0.6 is 0 Å². The molecule has 1 aromatic heterocycles. The van der Waals surface area contributed by atoms with Crippen molar-refractivity contribution in [3.05, 3.63) is 34.8 Å². The highest BCUT2D eigenvalue weighted by molar-refractivity contribution is 5.83. The van der Waals surface area contributed by atoms with Crippen LogP contribution in [0.5, 0.6) is 0 Å². The van der Waals surface area contributed by atoms with Crippen LogP contribution in [-0.4, -0.2) is 28.5 Å². The number of oxazole rings is 1. The third kappa shape index (κ3) is 2.48. The summed E-state index contributed by atoms with van der Waals surface area (Å²) in [4.78, 5) is 26.6. The molecule has 1 aromatic carbocycles. The van der Waals surface area contributed by atoms with Gasteiger partial charge in [0.05, 0.1) is 5.52 Å². The molecule has 21 heavy (non-hydrogen) atoms. The summed E-state index contributed by atoms with van der Waals surface area (Å²) in [6, 6.07) is 6.67. The third-order valence-electron chi connectivity index (χ3n) is 4.23. The maximum atomic E-state index is 12.7. The fourth-order valence-electron chi connectivity index (χ4n) is 3.12. The summed E-state index contributed by atoms with van der Waals surface area (Å²) < 4.78 is 6.67. The summed E-state index contributed by atoms with van der Waals surface area (Å²) in [6.45, 7) is 5.47. The molecule has 0 spiro atoms. The van der Waals surface area contributed by atoms with Gasteiger partial charge in [0.2, 0.25) is 5.91 Å². The predicted octanol–water partition coefficient (Wildman–Crippen LogP) is 2.41. The van der Waals surface area contributed by atoms with Crippen LogP contribution in [0.4, 0.5) is 0 Å². The van der Waals surface area contributed by atoms with Gasteiger partial charge in [0.25, 0.3) is 0 Å². The Morgan fingerprint density at radius 2 is 2.14 bits per heavy atom. The summed E-state index contributed by atoms with van der Waals surface area (Å²) in [6.07, 6.45) is 2.19. The van der Waals surface area contributed by atoms with E-state index in [-0.39, 0.29) is 5.91 Å². The molecular formula is C16H20N2O3. The first-order valence-corrected chi connectivity index (χ1v) is 7.47. The molecule has 0 saturated carbocycles.